The summed E-state index contributed by atoms with van der Waals surface area (Å²) in [6, 6.07) is 11.5. The highest BCUT2D eigenvalue weighted by Crippen LogP contribution is 2.67. The zero-order valence-corrected chi connectivity index (χ0v) is 18.5. The van der Waals surface area contributed by atoms with Crippen LogP contribution in [0.2, 0.25) is 0 Å². The molecule has 4 rings (SSSR count). The van der Waals surface area contributed by atoms with Crippen molar-refractivity contribution in [3.8, 4) is 0 Å². The van der Waals surface area contributed by atoms with Crippen LogP contribution < -0.4 is 4.90 Å². The van der Waals surface area contributed by atoms with Crippen molar-refractivity contribution in [3.05, 3.63) is 69.8 Å². The molecule has 2 aromatic rings. The van der Waals surface area contributed by atoms with Crippen molar-refractivity contribution >= 4 is 34.9 Å². The van der Waals surface area contributed by atoms with Crippen LogP contribution in [0.4, 0.5) is 16.2 Å². The SMILES string of the molecule is CC(=O)[C@H]1[C@H](C(=O)c2ccc([N+](=O)[O-])cc2)[C@@]12C(=O)N(C(=O)OC(C)(C)C)c1ccccc12. The van der Waals surface area contributed by atoms with E-state index in [0.717, 1.165) is 4.90 Å². The number of non-ortho nitro benzene ring substituents is 1. The van der Waals surface area contributed by atoms with Crippen molar-refractivity contribution in [2.24, 2.45) is 11.8 Å². The summed E-state index contributed by atoms with van der Waals surface area (Å²) in [5, 5.41) is 10.9. The Kier molecular flexibility index (Phi) is 4.96. The van der Waals surface area contributed by atoms with Gasteiger partial charge in [-0.1, -0.05) is 18.2 Å². The number of rotatable bonds is 4. The summed E-state index contributed by atoms with van der Waals surface area (Å²) in [5.74, 6) is -3.51. The third kappa shape index (κ3) is 3.31. The van der Waals surface area contributed by atoms with Crippen molar-refractivity contribution < 1.29 is 28.8 Å². The molecule has 2 aromatic carbocycles. The van der Waals surface area contributed by atoms with Crippen LogP contribution in [0.3, 0.4) is 0 Å². The third-order valence-electron chi connectivity index (χ3n) is 6.01. The average Bonchev–Trinajstić information content (AvgIpc) is 3.37. The number of nitro groups is 1. The van der Waals surface area contributed by atoms with Crippen LogP contribution in [0.25, 0.3) is 0 Å². The first-order chi connectivity index (χ1) is 15.4. The van der Waals surface area contributed by atoms with E-state index in [-0.39, 0.29) is 22.7 Å². The molecular formula is C24H22N2O7. The molecule has 9 heteroatoms. The van der Waals surface area contributed by atoms with Gasteiger partial charge in [-0.15, -0.1) is 0 Å². The third-order valence-corrected chi connectivity index (χ3v) is 6.01. The number of nitrogens with zero attached hydrogens (tertiary/aromatic N) is 2. The molecule has 3 atom stereocenters. The van der Waals surface area contributed by atoms with E-state index in [1.165, 1.54) is 31.2 Å². The number of para-hydroxylation sites is 1. The van der Waals surface area contributed by atoms with Gasteiger partial charge in [0.15, 0.2) is 5.78 Å². The van der Waals surface area contributed by atoms with Crippen molar-refractivity contribution in [2.45, 2.75) is 38.7 Å². The molecule has 1 fully saturated rings. The van der Waals surface area contributed by atoms with Gasteiger partial charge in [0.25, 0.3) is 5.69 Å². The van der Waals surface area contributed by atoms with Crippen LogP contribution in [0.15, 0.2) is 48.5 Å². The van der Waals surface area contributed by atoms with Crippen LogP contribution in [-0.2, 0) is 19.7 Å². The van der Waals surface area contributed by atoms with E-state index in [1.807, 2.05) is 0 Å². The van der Waals surface area contributed by atoms with E-state index in [0.29, 0.717) is 5.56 Å². The van der Waals surface area contributed by atoms with Gasteiger partial charge in [0.1, 0.15) is 11.4 Å². The maximum absolute atomic E-state index is 13.7. The molecule has 9 nitrogen and oxygen atoms in total. The largest absolute Gasteiger partial charge is 0.443 e. The monoisotopic (exact) mass is 450 g/mol. The van der Waals surface area contributed by atoms with Crippen LogP contribution in [-0.4, -0.2) is 34.1 Å². The number of ketones is 2. The number of carbonyl (C=O) groups is 4. The lowest BCUT2D eigenvalue weighted by molar-refractivity contribution is -0.384. The van der Waals surface area contributed by atoms with Gasteiger partial charge in [-0.2, -0.15) is 0 Å². The summed E-state index contributed by atoms with van der Waals surface area (Å²) >= 11 is 0. The number of hydrogen-bond donors (Lipinski definition) is 0. The molecule has 1 spiro atoms. The van der Waals surface area contributed by atoms with E-state index in [2.05, 4.69) is 0 Å². The number of nitro benzene ring substituents is 1. The molecule has 33 heavy (non-hydrogen) atoms. The number of carbonyl (C=O) groups excluding carboxylic acids is 4. The van der Waals surface area contributed by atoms with E-state index in [1.54, 1.807) is 45.0 Å². The molecular weight excluding hydrogens is 428 g/mol. The standard InChI is InChI=1S/C24H22N2O7/c1-13(27)18-19(20(28)14-9-11-15(12-10-14)26(31)32)24(18)16-7-5-6-8-17(16)25(21(24)29)22(30)33-23(2,3)4/h5-12,18-19H,1-4H3/t18-,19+,24-/m0/s1. The molecule has 1 aliphatic carbocycles. The van der Waals surface area contributed by atoms with Gasteiger partial charge in [0.05, 0.1) is 21.9 Å². The number of fused-ring (bicyclic) bond motifs is 2. The smallest absolute Gasteiger partial charge is 0.421 e. The van der Waals surface area contributed by atoms with Gasteiger partial charge in [-0.05, 0) is 51.5 Å². The predicted molar refractivity (Wildman–Crippen MR) is 117 cm³/mol. The highest BCUT2D eigenvalue weighted by atomic mass is 16.6. The highest BCUT2D eigenvalue weighted by molar-refractivity contribution is 6.28. The molecule has 1 aliphatic heterocycles. The van der Waals surface area contributed by atoms with Gasteiger partial charge < -0.3 is 4.74 Å². The molecule has 0 aromatic heterocycles. The quantitative estimate of drug-likeness (QED) is 0.394. The highest BCUT2D eigenvalue weighted by Gasteiger charge is 2.79. The van der Waals surface area contributed by atoms with E-state index < -0.39 is 45.6 Å². The minimum absolute atomic E-state index is 0.148. The molecule has 2 amide bonds. The van der Waals surface area contributed by atoms with Gasteiger partial charge >= 0.3 is 6.09 Å². The van der Waals surface area contributed by atoms with Gasteiger partial charge in [-0.3, -0.25) is 24.5 Å². The summed E-state index contributed by atoms with van der Waals surface area (Å²) in [7, 11) is 0. The lowest BCUT2D eigenvalue weighted by Crippen LogP contribution is -2.42. The Morgan fingerprint density at radius 3 is 2.18 bits per heavy atom. The normalized spacial score (nSPS) is 23.3. The Morgan fingerprint density at radius 1 is 1.03 bits per heavy atom. The topological polar surface area (TPSA) is 124 Å². The number of amides is 2. The lowest BCUT2D eigenvalue weighted by atomic mass is 9.90. The minimum atomic E-state index is -1.52. The van der Waals surface area contributed by atoms with Crippen LogP contribution in [0, 0.1) is 22.0 Å². The van der Waals surface area contributed by atoms with E-state index >= 15 is 0 Å². The fourth-order valence-electron chi connectivity index (χ4n) is 4.75. The molecule has 0 saturated heterocycles. The van der Waals surface area contributed by atoms with Crippen LogP contribution >= 0.6 is 0 Å². The number of imide groups is 1. The first kappa shape index (κ1) is 22.3. The second-order valence-corrected chi connectivity index (χ2v) is 9.24. The van der Waals surface area contributed by atoms with Crippen LogP contribution in [0.5, 0.6) is 0 Å². The van der Waals surface area contributed by atoms with Crippen molar-refractivity contribution in [1.82, 2.24) is 0 Å². The van der Waals surface area contributed by atoms with Gasteiger partial charge in [-0.25, -0.2) is 9.69 Å². The summed E-state index contributed by atoms with van der Waals surface area (Å²) < 4.78 is 5.41. The molecule has 0 unspecified atom stereocenters. The predicted octanol–water partition coefficient (Wildman–Crippen LogP) is 3.83. The number of Topliss-reactive ketones (excluding diaryl/α,β-unsaturated/α-hetero) is 2. The fourth-order valence-corrected chi connectivity index (χ4v) is 4.75. The molecule has 170 valence electrons. The Bertz CT molecular complexity index is 1210. The fraction of sp³-hybridized carbons (Fsp3) is 0.333. The molecule has 1 saturated carbocycles. The maximum Gasteiger partial charge on any atom is 0.421 e. The van der Waals surface area contributed by atoms with E-state index in [4.69, 9.17) is 4.74 Å². The van der Waals surface area contributed by atoms with Crippen molar-refractivity contribution in [2.75, 3.05) is 4.90 Å². The number of ether oxygens (including phenoxy) is 1. The molecule has 1 heterocycles. The van der Waals surface area contributed by atoms with Gasteiger partial charge in [0, 0.05) is 23.6 Å². The molecule has 0 N–H and O–H groups in total. The molecule has 0 radical (unpaired) electrons. The second-order valence-electron chi connectivity index (χ2n) is 9.24. The summed E-state index contributed by atoms with van der Waals surface area (Å²) in [6.07, 6.45) is -0.882. The van der Waals surface area contributed by atoms with Crippen molar-refractivity contribution in [1.29, 1.82) is 0 Å². The maximum atomic E-state index is 13.7. The van der Waals surface area contributed by atoms with E-state index in [9.17, 15) is 29.3 Å². The van der Waals surface area contributed by atoms with Gasteiger partial charge in [0.2, 0.25) is 5.91 Å². The van der Waals surface area contributed by atoms with Crippen LogP contribution in [0.1, 0.15) is 43.6 Å². The Hall–Kier alpha value is -3.88. The zero-order chi connectivity index (χ0) is 24.3. The Labute approximate surface area is 189 Å². The lowest BCUT2D eigenvalue weighted by Gasteiger charge is -2.24. The first-order valence-electron chi connectivity index (χ1n) is 10.4. The summed E-state index contributed by atoms with van der Waals surface area (Å²) in [5.41, 5.74) is -1.71. The zero-order valence-electron chi connectivity index (χ0n) is 18.5. The molecule has 2 aliphatic rings. The Morgan fingerprint density at radius 2 is 1.64 bits per heavy atom. The number of benzene rings is 2. The molecule has 0 bridgehead atoms. The number of anilines is 1. The van der Waals surface area contributed by atoms with Crippen molar-refractivity contribution in [3.63, 3.8) is 0 Å². The second kappa shape index (κ2) is 7.33. The Balaban J connectivity index is 1.79. The minimum Gasteiger partial charge on any atom is -0.443 e. The summed E-state index contributed by atoms with van der Waals surface area (Å²) in [6.45, 7) is 6.32. The average molecular weight is 450 g/mol. The summed E-state index contributed by atoms with van der Waals surface area (Å²) in [4.78, 5) is 63.9. The first-order valence-corrected chi connectivity index (χ1v) is 10.4. The number of hydrogen-bond acceptors (Lipinski definition) is 7.